The molecule has 0 aliphatic rings. The van der Waals surface area contributed by atoms with E-state index in [-0.39, 0.29) is 5.91 Å². The van der Waals surface area contributed by atoms with Crippen LogP contribution in [0.3, 0.4) is 0 Å². The molecule has 0 atom stereocenters. The van der Waals surface area contributed by atoms with Crippen LogP contribution in [0.1, 0.15) is 36.7 Å². The summed E-state index contributed by atoms with van der Waals surface area (Å²) in [4.78, 5) is 24.7. The first-order chi connectivity index (χ1) is 12.6. The Labute approximate surface area is 172 Å². The number of hydrogen-bond acceptors (Lipinski definition) is 4. The molecular weight excluding hydrogens is 459 g/mol. The lowest BCUT2D eigenvalue weighted by Crippen LogP contribution is -2.27. The molecule has 7 heteroatoms. The first-order valence-electron chi connectivity index (χ1n) is 8.34. The third-order valence-corrected chi connectivity index (χ3v) is 4.74. The van der Waals surface area contributed by atoms with Gasteiger partial charge in [0.15, 0.2) is 0 Å². The highest BCUT2D eigenvalue weighted by Gasteiger charge is 2.18. The summed E-state index contributed by atoms with van der Waals surface area (Å²) in [6, 6.07) is 10.4. The maximum Gasteiger partial charge on any atom is 0.412 e. The number of carbonyl (C=O) groups is 2. The fourth-order valence-electron chi connectivity index (χ4n) is 2.26. The molecule has 2 aromatic carbocycles. The number of amides is 2. The Kier molecular flexibility index (Phi) is 6.69. The molecule has 0 aromatic heterocycles. The van der Waals surface area contributed by atoms with Crippen molar-refractivity contribution in [3.63, 3.8) is 0 Å². The third kappa shape index (κ3) is 6.13. The first kappa shape index (κ1) is 21.0. The molecule has 0 aliphatic carbocycles. The van der Waals surface area contributed by atoms with Gasteiger partial charge in [0.05, 0.1) is 18.5 Å². The van der Waals surface area contributed by atoms with Crippen molar-refractivity contribution in [3.8, 4) is 5.75 Å². The van der Waals surface area contributed by atoms with Gasteiger partial charge in [0.1, 0.15) is 11.4 Å². The van der Waals surface area contributed by atoms with E-state index in [9.17, 15) is 9.59 Å². The van der Waals surface area contributed by atoms with Gasteiger partial charge in [0.25, 0.3) is 5.91 Å². The van der Waals surface area contributed by atoms with Crippen LogP contribution in [0.2, 0.25) is 0 Å². The molecule has 0 saturated heterocycles. The molecule has 6 nitrogen and oxygen atoms in total. The largest absolute Gasteiger partial charge is 0.497 e. The fourth-order valence-corrected chi connectivity index (χ4v) is 2.59. The summed E-state index contributed by atoms with van der Waals surface area (Å²) in [5.41, 5.74) is 1.75. The van der Waals surface area contributed by atoms with Crippen LogP contribution in [0, 0.1) is 10.5 Å². The molecule has 27 heavy (non-hydrogen) atoms. The molecule has 0 unspecified atom stereocenters. The lowest BCUT2D eigenvalue weighted by atomic mass is 10.1. The van der Waals surface area contributed by atoms with E-state index in [1.807, 2.05) is 19.1 Å². The van der Waals surface area contributed by atoms with Crippen LogP contribution in [-0.4, -0.2) is 24.7 Å². The average molecular weight is 482 g/mol. The molecule has 0 fully saturated rings. The number of anilines is 2. The zero-order valence-corrected chi connectivity index (χ0v) is 18.1. The highest BCUT2D eigenvalue weighted by Crippen LogP contribution is 2.28. The van der Waals surface area contributed by atoms with Crippen LogP contribution >= 0.6 is 22.6 Å². The van der Waals surface area contributed by atoms with E-state index in [1.165, 1.54) is 7.11 Å². The second-order valence-electron chi connectivity index (χ2n) is 6.96. The number of methoxy groups -OCH3 is 1. The monoisotopic (exact) mass is 482 g/mol. The van der Waals surface area contributed by atoms with E-state index in [0.29, 0.717) is 22.7 Å². The molecule has 0 saturated carbocycles. The van der Waals surface area contributed by atoms with Crippen molar-refractivity contribution < 1.29 is 19.1 Å². The number of hydrogen-bond donors (Lipinski definition) is 2. The first-order valence-corrected chi connectivity index (χ1v) is 9.42. The van der Waals surface area contributed by atoms with Gasteiger partial charge in [-0.05, 0) is 86.2 Å². The fraction of sp³-hybridized carbons (Fsp3) is 0.300. The van der Waals surface area contributed by atoms with Crippen molar-refractivity contribution >= 4 is 46.0 Å². The Morgan fingerprint density at radius 3 is 2.30 bits per heavy atom. The van der Waals surface area contributed by atoms with Gasteiger partial charge in [-0.3, -0.25) is 10.1 Å². The van der Waals surface area contributed by atoms with Crippen molar-refractivity contribution in [2.45, 2.75) is 33.3 Å². The van der Waals surface area contributed by atoms with E-state index in [1.54, 1.807) is 45.0 Å². The molecule has 2 amide bonds. The van der Waals surface area contributed by atoms with Crippen molar-refractivity contribution in [1.82, 2.24) is 0 Å². The Bertz CT molecular complexity index is 860. The topological polar surface area (TPSA) is 76.7 Å². The molecule has 0 aliphatic heterocycles. The predicted molar refractivity (Wildman–Crippen MR) is 115 cm³/mol. The maximum absolute atomic E-state index is 12.6. The van der Waals surface area contributed by atoms with Gasteiger partial charge < -0.3 is 14.8 Å². The van der Waals surface area contributed by atoms with Crippen LogP contribution in [0.15, 0.2) is 36.4 Å². The molecule has 0 bridgehead atoms. The zero-order valence-electron chi connectivity index (χ0n) is 16.0. The second kappa shape index (κ2) is 8.60. The van der Waals surface area contributed by atoms with E-state index in [4.69, 9.17) is 9.47 Å². The van der Waals surface area contributed by atoms with E-state index in [0.717, 1.165) is 9.13 Å². The van der Waals surface area contributed by atoms with E-state index >= 15 is 0 Å². The predicted octanol–water partition coefficient (Wildman–Crippen LogP) is 5.21. The van der Waals surface area contributed by atoms with Crippen LogP contribution in [-0.2, 0) is 4.74 Å². The molecule has 2 rings (SSSR count). The normalized spacial score (nSPS) is 10.9. The molecule has 2 N–H and O–H groups in total. The maximum atomic E-state index is 12.6. The summed E-state index contributed by atoms with van der Waals surface area (Å²) in [7, 11) is 1.53. The molecule has 144 valence electrons. The number of rotatable bonds is 4. The van der Waals surface area contributed by atoms with Gasteiger partial charge >= 0.3 is 6.09 Å². The van der Waals surface area contributed by atoms with Gasteiger partial charge in [0, 0.05) is 15.2 Å². The number of nitrogens with one attached hydrogen (secondary N) is 2. The van der Waals surface area contributed by atoms with Crippen molar-refractivity contribution in [3.05, 3.63) is 51.1 Å². The van der Waals surface area contributed by atoms with Crippen molar-refractivity contribution in [2.75, 3.05) is 17.7 Å². The molecule has 0 heterocycles. The van der Waals surface area contributed by atoms with Crippen LogP contribution in [0.4, 0.5) is 16.2 Å². The molecule has 0 spiro atoms. The number of benzene rings is 2. The zero-order chi connectivity index (χ0) is 20.2. The van der Waals surface area contributed by atoms with Crippen LogP contribution < -0.4 is 15.4 Å². The molecule has 2 aromatic rings. The smallest absolute Gasteiger partial charge is 0.412 e. The SMILES string of the molecule is COc1ccc(NC(=O)OC(C)(C)C)c(NC(=O)c2ccc(I)c(C)c2)c1. The second-order valence-corrected chi connectivity index (χ2v) is 8.12. The summed E-state index contributed by atoms with van der Waals surface area (Å²) in [6.07, 6.45) is -0.603. The minimum atomic E-state index is -0.626. The summed E-state index contributed by atoms with van der Waals surface area (Å²) in [5.74, 6) is 0.272. The Balaban J connectivity index is 2.26. The quantitative estimate of drug-likeness (QED) is 0.587. The van der Waals surface area contributed by atoms with Gasteiger partial charge in [-0.1, -0.05) is 0 Å². The minimum Gasteiger partial charge on any atom is -0.497 e. The van der Waals surface area contributed by atoms with E-state index in [2.05, 4.69) is 33.2 Å². The average Bonchev–Trinajstić information content (AvgIpc) is 2.57. The number of aryl methyl sites for hydroxylation is 1. The van der Waals surface area contributed by atoms with Crippen molar-refractivity contribution in [2.24, 2.45) is 0 Å². The minimum absolute atomic E-state index is 0.282. The third-order valence-electron chi connectivity index (χ3n) is 3.53. The number of ether oxygens (including phenoxy) is 2. The van der Waals surface area contributed by atoms with E-state index < -0.39 is 11.7 Å². The summed E-state index contributed by atoms with van der Waals surface area (Å²) in [6.45, 7) is 7.28. The standard InChI is InChI=1S/C20H23IN2O4/c1-12-10-13(6-8-15(12)21)18(24)22-17-11-14(26-5)7-9-16(17)23-19(25)27-20(2,3)4/h6-11H,1-5H3,(H,22,24)(H,23,25). The lowest BCUT2D eigenvalue weighted by Gasteiger charge is -2.21. The Hall–Kier alpha value is -2.29. The highest BCUT2D eigenvalue weighted by atomic mass is 127. The van der Waals surface area contributed by atoms with Crippen LogP contribution in [0.25, 0.3) is 0 Å². The summed E-state index contributed by atoms with van der Waals surface area (Å²) in [5, 5.41) is 5.49. The van der Waals surface area contributed by atoms with Gasteiger partial charge in [-0.2, -0.15) is 0 Å². The van der Waals surface area contributed by atoms with Gasteiger partial charge in [-0.15, -0.1) is 0 Å². The van der Waals surface area contributed by atoms with Crippen LogP contribution in [0.5, 0.6) is 5.75 Å². The molecular formula is C20H23IN2O4. The van der Waals surface area contributed by atoms with Gasteiger partial charge in [0.2, 0.25) is 0 Å². The highest BCUT2D eigenvalue weighted by molar-refractivity contribution is 14.1. The molecule has 0 radical (unpaired) electrons. The Morgan fingerprint density at radius 2 is 1.70 bits per heavy atom. The number of carbonyl (C=O) groups excluding carboxylic acids is 2. The Morgan fingerprint density at radius 1 is 1.00 bits per heavy atom. The van der Waals surface area contributed by atoms with Crippen molar-refractivity contribution in [1.29, 1.82) is 0 Å². The summed E-state index contributed by atoms with van der Waals surface area (Å²) >= 11 is 2.22. The lowest BCUT2D eigenvalue weighted by molar-refractivity contribution is 0.0635. The van der Waals surface area contributed by atoms with Gasteiger partial charge in [-0.25, -0.2) is 4.79 Å². The summed E-state index contributed by atoms with van der Waals surface area (Å²) < 4.78 is 11.6. The number of halogens is 1.